The van der Waals surface area contributed by atoms with Crippen molar-refractivity contribution >= 4 is 41.5 Å². The van der Waals surface area contributed by atoms with Crippen LogP contribution in [0, 0.1) is 12.3 Å². The van der Waals surface area contributed by atoms with Gasteiger partial charge < -0.3 is 20.7 Å². The largest absolute Gasteiger partial charge is 0.383 e. The van der Waals surface area contributed by atoms with Crippen LogP contribution in [0.2, 0.25) is 0 Å². The number of benzene rings is 1. The van der Waals surface area contributed by atoms with Crippen LogP contribution >= 0.6 is 24.0 Å². The fourth-order valence-corrected chi connectivity index (χ4v) is 1.88. The highest BCUT2D eigenvalue weighted by Crippen LogP contribution is 2.09. The van der Waals surface area contributed by atoms with Crippen molar-refractivity contribution in [3.8, 4) is 12.3 Å². The number of carbonyl (C=O) groups is 1. The number of aliphatic imine (C=N–C) groups is 1. The molecule has 0 spiro atoms. The van der Waals surface area contributed by atoms with Crippen LogP contribution in [0.5, 0.6) is 0 Å². The van der Waals surface area contributed by atoms with Crippen LogP contribution in [0.1, 0.15) is 19.4 Å². The van der Waals surface area contributed by atoms with Crippen molar-refractivity contribution in [1.29, 1.82) is 0 Å². The number of guanidine groups is 1. The molecule has 1 amide bonds. The summed E-state index contributed by atoms with van der Waals surface area (Å²) in [5, 5.41) is 9.02. The zero-order valence-corrected chi connectivity index (χ0v) is 16.6. The van der Waals surface area contributed by atoms with Crippen molar-refractivity contribution in [3.63, 3.8) is 0 Å². The van der Waals surface area contributed by atoms with E-state index in [1.54, 1.807) is 31.4 Å². The quantitative estimate of drug-likeness (QED) is 0.260. The third kappa shape index (κ3) is 8.74. The van der Waals surface area contributed by atoms with Gasteiger partial charge in [-0.2, -0.15) is 0 Å². The van der Waals surface area contributed by atoms with Gasteiger partial charge in [-0.3, -0.25) is 4.79 Å². The van der Waals surface area contributed by atoms with Crippen LogP contribution < -0.4 is 16.0 Å². The molecule has 6 nitrogen and oxygen atoms in total. The Balaban J connectivity index is 0.00000529. The highest BCUT2D eigenvalue weighted by molar-refractivity contribution is 14.0. The molecule has 24 heavy (non-hydrogen) atoms. The molecule has 0 aliphatic heterocycles. The SMILES string of the molecule is C#Cc1cccc(NC(=O)CN=C(NCC)NC(C)COC)c1.I. The topological polar surface area (TPSA) is 74.8 Å². The molecular formula is C17H25IN4O2. The molecule has 1 atom stereocenters. The number of methoxy groups -OCH3 is 1. The molecule has 132 valence electrons. The van der Waals surface area contributed by atoms with Crippen LogP contribution in [-0.2, 0) is 9.53 Å². The van der Waals surface area contributed by atoms with Crippen molar-refractivity contribution in [1.82, 2.24) is 10.6 Å². The normalized spacial score (nSPS) is 11.7. The second kappa shape index (κ2) is 12.6. The van der Waals surface area contributed by atoms with Gasteiger partial charge >= 0.3 is 0 Å². The highest BCUT2D eigenvalue weighted by atomic mass is 127. The Labute approximate surface area is 160 Å². The zero-order valence-electron chi connectivity index (χ0n) is 14.3. The fourth-order valence-electron chi connectivity index (χ4n) is 1.88. The first-order chi connectivity index (χ1) is 11.1. The van der Waals surface area contributed by atoms with E-state index in [1.807, 2.05) is 13.8 Å². The lowest BCUT2D eigenvalue weighted by Gasteiger charge is -2.16. The molecular weight excluding hydrogens is 419 g/mol. The molecule has 1 aromatic carbocycles. The van der Waals surface area contributed by atoms with Gasteiger partial charge in [0.15, 0.2) is 5.96 Å². The number of carbonyl (C=O) groups excluding carboxylic acids is 1. The third-order valence-corrected chi connectivity index (χ3v) is 2.84. The standard InChI is InChI=1S/C17H24N4O2.HI/c1-5-14-8-7-9-15(10-14)21-16(22)11-19-17(18-6-2)20-13(3)12-23-4;/h1,7-10,13H,6,11-12H2,2-4H3,(H,21,22)(H2,18,19,20);1H. The van der Waals surface area contributed by atoms with Crippen molar-refractivity contribution in [2.45, 2.75) is 19.9 Å². The van der Waals surface area contributed by atoms with Gasteiger partial charge in [0.05, 0.1) is 6.61 Å². The molecule has 7 heteroatoms. The van der Waals surface area contributed by atoms with Crippen LogP contribution in [0.4, 0.5) is 5.69 Å². The summed E-state index contributed by atoms with van der Waals surface area (Å²) in [4.78, 5) is 16.2. The Kier molecular flexibility index (Phi) is 11.7. The van der Waals surface area contributed by atoms with Gasteiger partial charge in [0, 0.05) is 30.9 Å². The van der Waals surface area contributed by atoms with Gasteiger partial charge in [-0.1, -0.05) is 12.0 Å². The van der Waals surface area contributed by atoms with Crippen LogP contribution in [0.15, 0.2) is 29.3 Å². The van der Waals surface area contributed by atoms with Crippen molar-refractivity contribution < 1.29 is 9.53 Å². The molecule has 0 heterocycles. The number of nitrogens with one attached hydrogen (secondary N) is 3. The van der Waals surface area contributed by atoms with E-state index in [0.717, 1.165) is 5.56 Å². The minimum absolute atomic E-state index is 0. The van der Waals surface area contributed by atoms with Crippen LogP contribution in [0.25, 0.3) is 0 Å². The first kappa shape index (κ1) is 22.2. The fraction of sp³-hybridized carbons (Fsp3) is 0.412. The summed E-state index contributed by atoms with van der Waals surface area (Å²) >= 11 is 0. The van der Waals surface area contributed by atoms with E-state index in [9.17, 15) is 4.79 Å². The molecule has 3 N–H and O–H groups in total. The monoisotopic (exact) mass is 444 g/mol. The van der Waals surface area contributed by atoms with Gasteiger partial charge in [0.1, 0.15) is 6.54 Å². The van der Waals surface area contributed by atoms with E-state index in [-0.39, 0.29) is 42.5 Å². The molecule has 0 aliphatic rings. The minimum Gasteiger partial charge on any atom is -0.383 e. The maximum Gasteiger partial charge on any atom is 0.246 e. The van der Waals surface area contributed by atoms with Gasteiger partial charge in [0.25, 0.3) is 0 Å². The number of nitrogens with zero attached hydrogens (tertiary/aromatic N) is 1. The molecule has 0 fully saturated rings. The summed E-state index contributed by atoms with van der Waals surface area (Å²) < 4.78 is 5.07. The van der Waals surface area contributed by atoms with E-state index in [0.29, 0.717) is 24.8 Å². The van der Waals surface area contributed by atoms with Crippen molar-refractivity contribution in [3.05, 3.63) is 29.8 Å². The van der Waals surface area contributed by atoms with Crippen molar-refractivity contribution in [2.24, 2.45) is 4.99 Å². The summed E-state index contributed by atoms with van der Waals surface area (Å²) in [7, 11) is 1.64. The predicted octanol–water partition coefficient (Wildman–Crippen LogP) is 1.81. The van der Waals surface area contributed by atoms with Crippen LogP contribution in [-0.4, -0.2) is 44.7 Å². The lowest BCUT2D eigenvalue weighted by Crippen LogP contribution is -2.44. The molecule has 0 radical (unpaired) electrons. The van der Waals surface area contributed by atoms with E-state index >= 15 is 0 Å². The van der Waals surface area contributed by atoms with E-state index < -0.39 is 0 Å². The number of amides is 1. The Bertz CT molecular complexity index is 584. The molecule has 1 unspecified atom stereocenters. The average molecular weight is 444 g/mol. The Morgan fingerprint density at radius 3 is 2.83 bits per heavy atom. The lowest BCUT2D eigenvalue weighted by molar-refractivity contribution is -0.114. The Hall–Kier alpha value is -1.79. The first-order valence-electron chi connectivity index (χ1n) is 7.49. The maximum atomic E-state index is 12.0. The molecule has 1 aromatic rings. The van der Waals surface area contributed by atoms with Gasteiger partial charge in [-0.25, -0.2) is 4.99 Å². The Morgan fingerprint density at radius 2 is 2.21 bits per heavy atom. The van der Waals surface area contributed by atoms with Crippen LogP contribution in [0.3, 0.4) is 0 Å². The van der Waals surface area contributed by atoms with Crippen molar-refractivity contribution in [2.75, 3.05) is 32.1 Å². The smallest absolute Gasteiger partial charge is 0.246 e. The number of hydrogen-bond acceptors (Lipinski definition) is 3. The average Bonchev–Trinajstić information content (AvgIpc) is 2.53. The molecule has 0 saturated carbocycles. The number of terminal acetylenes is 1. The second-order valence-electron chi connectivity index (χ2n) is 4.97. The summed E-state index contributed by atoms with van der Waals surface area (Å²) in [6.45, 7) is 5.20. The second-order valence-corrected chi connectivity index (χ2v) is 4.97. The highest BCUT2D eigenvalue weighted by Gasteiger charge is 2.06. The number of anilines is 1. The number of rotatable bonds is 7. The van der Waals surface area contributed by atoms with E-state index in [4.69, 9.17) is 11.2 Å². The molecule has 0 aliphatic carbocycles. The summed E-state index contributed by atoms with van der Waals surface area (Å²) in [6, 6.07) is 7.22. The molecule has 0 aromatic heterocycles. The van der Waals surface area contributed by atoms with Gasteiger partial charge in [0.2, 0.25) is 5.91 Å². The third-order valence-electron chi connectivity index (χ3n) is 2.84. The van der Waals surface area contributed by atoms with E-state index in [2.05, 4.69) is 26.9 Å². The number of hydrogen-bond donors (Lipinski definition) is 3. The first-order valence-corrected chi connectivity index (χ1v) is 7.49. The minimum atomic E-state index is -0.212. The molecule has 1 rings (SSSR count). The number of halogens is 1. The molecule has 0 saturated heterocycles. The zero-order chi connectivity index (χ0) is 17.1. The summed E-state index contributed by atoms with van der Waals surface area (Å²) in [5.74, 6) is 2.89. The van der Waals surface area contributed by atoms with Gasteiger partial charge in [-0.15, -0.1) is 30.4 Å². The maximum absolute atomic E-state index is 12.0. The summed E-state index contributed by atoms with van der Waals surface area (Å²) in [5.41, 5.74) is 1.38. The van der Waals surface area contributed by atoms with Gasteiger partial charge in [-0.05, 0) is 32.0 Å². The summed E-state index contributed by atoms with van der Waals surface area (Å²) in [6.07, 6.45) is 5.34. The lowest BCUT2D eigenvalue weighted by atomic mass is 10.2. The van der Waals surface area contributed by atoms with E-state index in [1.165, 1.54) is 0 Å². The molecule has 0 bridgehead atoms. The Morgan fingerprint density at radius 1 is 1.46 bits per heavy atom. The predicted molar refractivity (Wildman–Crippen MR) is 109 cm³/mol. The number of ether oxygens (including phenoxy) is 1.